The molecule has 0 spiro atoms. The first-order valence-corrected chi connectivity index (χ1v) is 4.88. The number of H-pyrrole nitrogens is 1. The molecule has 86 valence electrons. The molecule has 5 nitrogen and oxygen atoms in total. The predicted octanol–water partition coefficient (Wildman–Crippen LogP) is 1.33. The number of nitrogens with two attached hydrogens (primary N) is 1. The van der Waals surface area contributed by atoms with Gasteiger partial charge >= 0.3 is 5.97 Å². The van der Waals surface area contributed by atoms with Gasteiger partial charge in [-0.05, 0) is 19.2 Å². The molecule has 0 saturated carbocycles. The minimum atomic E-state index is -1.01. The van der Waals surface area contributed by atoms with Crippen LogP contribution >= 0.6 is 0 Å². The average molecular weight is 221 g/mol. The molecule has 0 aliphatic rings. The molecule has 0 amide bonds. The zero-order chi connectivity index (χ0) is 12.1. The van der Waals surface area contributed by atoms with Crippen molar-refractivity contribution in [1.29, 1.82) is 0 Å². The molecule has 0 aliphatic heterocycles. The smallest absolute Gasteiger partial charge is 0.320 e. The summed E-state index contributed by atoms with van der Waals surface area (Å²) in [5, 5.41) is 8.74. The lowest BCUT2D eigenvalue weighted by Crippen LogP contribution is -2.32. The highest BCUT2D eigenvalue weighted by Gasteiger charge is 2.16. The summed E-state index contributed by atoms with van der Waals surface area (Å²) in [4.78, 5) is 17.4. The van der Waals surface area contributed by atoms with E-state index in [-0.39, 0.29) is 6.42 Å². The first-order valence-electron chi connectivity index (χ1n) is 4.88. The van der Waals surface area contributed by atoms with Crippen molar-refractivity contribution in [1.82, 2.24) is 4.98 Å². The maximum atomic E-state index is 10.7. The highest BCUT2D eigenvalue weighted by Crippen LogP contribution is 2.24. The quantitative estimate of drug-likeness (QED) is 0.655. The van der Waals surface area contributed by atoms with Crippen molar-refractivity contribution in [3.8, 4) is 0 Å². The van der Waals surface area contributed by atoms with Gasteiger partial charge in [-0.2, -0.15) is 0 Å². The Morgan fingerprint density at radius 3 is 3.00 bits per heavy atom. The van der Waals surface area contributed by atoms with Crippen LogP contribution in [-0.4, -0.2) is 28.8 Å². The number of carbonyl (C=O) groups is 1. The highest BCUT2D eigenvalue weighted by atomic mass is 16.4. The average Bonchev–Trinajstić information content (AvgIpc) is 2.61. The largest absolute Gasteiger partial charge is 0.480 e. The van der Waals surface area contributed by atoms with Gasteiger partial charge in [-0.15, -0.1) is 0 Å². The van der Waals surface area contributed by atoms with E-state index in [2.05, 4.69) is 16.7 Å². The lowest BCUT2D eigenvalue weighted by molar-refractivity contribution is -0.138. The van der Waals surface area contributed by atoms with E-state index in [9.17, 15) is 4.79 Å². The normalized spacial score (nSPS) is 12.9. The molecule has 1 aromatic heterocycles. The van der Waals surface area contributed by atoms with Crippen LogP contribution < -0.4 is 5.73 Å². The zero-order valence-corrected chi connectivity index (χ0v) is 9.10. The van der Waals surface area contributed by atoms with Gasteiger partial charge in [0.1, 0.15) is 11.9 Å². The minimum Gasteiger partial charge on any atom is -0.480 e. The SMILES string of the molecule is C=Nc1[nH]cc(C[C@H](N)C(=O)O)c1/C=C\C. The van der Waals surface area contributed by atoms with Gasteiger partial charge in [-0.25, -0.2) is 4.99 Å². The van der Waals surface area contributed by atoms with Gasteiger partial charge in [-0.1, -0.05) is 12.2 Å². The third kappa shape index (κ3) is 2.58. The third-order valence-corrected chi connectivity index (χ3v) is 2.23. The lowest BCUT2D eigenvalue weighted by atomic mass is 10.0. The van der Waals surface area contributed by atoms with Gasteiger partial charge in [0.2, 0.25) is 0 Å². The number of hydrogen-bond donors (Lipinski definition) is 3. The number of hydrogen-bond acceptors (Lipinski definition) is 3. The Balaban J connectivity index is 3.00. The van der Waals surface area contributed by atoms with Crippen molar-refractivity contribution in [2.75, 3.05) is 0 Å². The highest BCUT2D eigenvalue weighted by molar-refractivity contribution is 5.74. The maximum Gasteiger partial charge on any atom is 0.320 e. The number of aromatic amines is 1. The molecule has 0 bridgehead atoms. The van der Waals surface area contributed by atoms with Crippen LogP contribution in [0.2, 0.25) is 0 Å². The van der Waals surface area contributed by atoms with Crippen LogP contribution in [0.4, 0.5) is 5.82 Å². The standard InChI is InChI=1S/C11H15N3O2/c1-3-4-8-7(5-9(12)11(15)16)6-14-10(8)13-2/h3-4,6,9,14H,2,5,12H2,1H3,(H,15,16)/b4-3-/t9-/m0/s1. The second-order valence-electron chi connectivity index (χ2n) is 3.38. The molecule has 0 fully saturated rings. The van der Waals surface area contributed by atoms with E-state index in [1.54, 1.807) is 6.20 Å². The Hall–Kier alpha value is -1.88. The van der Waals surface area contributed by atoms with Gasteiger partial charge in [0.15, 0.2) is 0 Å². The Morgan fingerprint density at radius 1 is 1.81 bits per heavy atom. The number of aliphatic imine (C=N–C) groups is 1. The van der Waals surface area contributed by atoms with Crippen molar-refractivity contribution in [2.45, 2.75) is 19.4 Å². The van der Waals surface area contributed by atoms with Crippen LogP contribution in [0, 0.1) is 0 Å². The molecule has 1 aromatic rings. The molecular weight excluding hydrogens is 206 g/mol. The molecule has 0 unspecified atom stereocenters. The van der Waals surface area contributed by atoms with Crippen LogP contribution in [0.1, 0.15) is 18.1 Å². The Labute approximate surface area is 93.7 Å². The first-order chi connectivity index (χ1) is 7.60. The summed E-state index contributed by atoms with van der Waals surface area (Å²) in [5.74, 6) is -0.383. The lowest BCUT2D eigenvalue weighted by Gasteiger charge is -2.05. The summed E-state index contributed by atoms with van der Waals surface area (Å²) < 4.78 is 0. The van der Waals surface area contributed by atoms with Gasteiger partial charge in [0.25, 0.3) is 0 Å². The second kappa shape index (κ2) is 5.27. The van der Waals surface area contributed by atoms with E-state index in [0.29, 0.717) is 5.82 Å². The molecule has 0 aromatic carbocycles. The second-order valence-corrected chi connectivity index (χ2v) is 3.38. The zero-order valence-electron chi connectivity index (χ0n) is 9.10. The van der Waals surface area contributed by atoms with Crippen molar-refractivity contribution < 1.29 is 9.90 Å². The summed E-state index contributed by atoms with van der Waals surface area (Å²) in [6.45, 7) is 5.31. The topological polar surface area (TPSA) is 91.5 Å². The van der Waals surface area contributed by atoms with Crippen LogP contribution in [-0.2, 0) is 11.2 Å². The van der Waals surface area contributed by atoms with Gasteiger partial charge in [0.05, 0.1) is 0 Å². The molecule has 0 saturated heterocycles. The summed E-state index contributed by atoms with van der Waals surface area (Å²) in [7, 11) is 0. The number of nitrogens with zero attached hydrogens (tertiary/aromatic N) is 1. The number of aliphatic carboxylic acids is 1. The number of nitrogens with one attached hydrogen (secondary N) is 1. The first kappa shape index (κ1) is 12.2. The summed E-state index contributed by atoms with van der Waals surface area (Å²) in [6.07, 6.45) is 5.68. The molecule has 4 N–H and O–H groups in total. The monoisotopic (exact) mass is 221 g/mol. The fraction of sp³-hybridized carbons (Fsp3) is 0.273. The number of rotatable bonds is 5. The summed E-state index contributed by atoms with van der Waals surface area (Å²) >= 11 is 0. The van der Waals surface area contributed by atoms with E-state index in [1.165, 1.54) is 0 Å². The molecule has 1 atom stereocenters. The molecule has 0 aliphatic carbocycles. The van der Waals surface area contributed by atoms with Crippen molar-refractivity contribution in [3.63, 3.8) is 0 Å². The van der Waals surface area contributed by atoms with Crippen LogP contribution in [0.3, 0.4) is 0 Å². The number of allylic oxidation sites excluding steroid dienone is 1. The van der Waals surface area contributed by atoms with E-state index >= 15 is 0 Å². The fourth-order valence-electron chi connectivity index (χ4n) is 1.44. The van der Waals surface area contributed by atoms with E-state index in [0.717, 1.165) is 11.1 Å². The number of aromatic nitrogens is 1. The van der Waals surface area contributed by atoms with Crippen molar-refractivity contribution in [3.05, 3.63) is 23.4 Å². The van der Waals surface area contributed by atoms with Crippen molar-refractivity contribution in [2.24, 2.45) is 10.7 Å². The van der Waals surface area contributed by atoms with E-state index < -0.39 is 12.0 Å². The van der Waals surface area contributed by atoms with Crippen LogP contribution in [0.25, 0.3) is 6.08 Å². The fourth-order valence-corrected chi connectivity index (χ4v) is 1.44. The van der Waals surface area contributed by atoms with E-state index in [4.69, 9.17) is 10.8 Å². The molecule has 0 radical (unpaired) electrons. The minimum absolute atomic E-state index is 0.265. The molecule has 1 rings (SSSR count). The van der Waals surface area contributed by atoms with Gasteiger partial charge < -0.3 is 15.8 Å². The van der Waals surface area contributed by atoms with Crippen LogP contribution in [0.5, 0.6) is 0 Å². The maximum absolute atomic E-state index is 10.7. The number of carboxylic acids is 1. The Bertz CT molecular complexity index is 421. The van der Waals surface area contributed by atoms with Crippen molar-refractivity contribution >= 4 is 24.6 Å². The third-order valence-electron chi connectivity index (χ3n) is 2.23. The van der Waals surface area contributed by atoms with Gasteiger partial charge in [0, 0.05) is 18.2 Å². The molecular formula is C11H15N3O2. The predicted molar refractivity (Wildman–Crippen MR) is 64.0 cm³/mol. The summed E-state index contributed by atoms with van der Waals surface area (Å²) in [5.41, 5.74) is 7.15. The summed E-state index contributed by atoms with van der Waals surface area (Å²) in [6, 6.07) is -0.905. The van der Waals surface area contributed by atoms with Crippen LogP contribution in [0.15, 0.2) is 17.3 Å². The Morgan fingerprint density at radius 2 is 2.50 bits per heavy atom. The van der Waals surface area contributed by atoms with E-state index in [1.807, 2.05) is 19.1 Å². The number of carboxylic acid groups (broad SMARTS) is 1. The molecule has 5 heteroatoms. The van der Waals surface area contributed by atoms with Gasteiger partial charge in [-0.3, -0.25) is 4.79 Å². The molecule has 16 heavy (non-hydrogen) atoms. The molecule has 1 heterocycles. The Kier molecular flexibility index (Phi) is 4.02.